The maximum Gasteiger partial charge on any atom is 0.216 e. The third kappa shape index (κ3) is 2.24. The number of hydrogen-bond donors (Lipinski definition) is 1. The summed E-state index contributed by atoms with van der Waals surface area (Å²) in [6, 6.07) is 9.36. The first kappa shape index (κ1) is 12.7. The molecule has 3 aromatic heterocycles. The molecule has 0 aliphatic rings. The van der Waals surface area contributed by atoms with E-state index in [1.54, 1.807) is 18.3 Å². The van der Waals surface area contributed by atoms with Crippen molar-refractivity contribution in [3.05, 3.63) is 41.4 Å². The lowest BCUT2D eigenvalue weighted by molar-refractivity contribution is 0.847. The third-order valence-corrected chi connectivity index (χ3v) is 4.33. The molecule has 0 saturated carbocycles. The highest BCUT2D eigenvalue weighted by Gasteiger charge is 2.15. The smallest absolute Gasteiger partial charge is 0.216 e. The normalized spacial score (nSPS) is 10.3. The SMILES string of the molecule is N#Cc1cccnc1Sc1nnc(-c2cccs2)n1N. The van der Waals surface area contributed by atoms with Crippen LogP contribution in [0.5, 0.6) is 0 Å². The van der Waals surface area contributed by atoms with E-state index in [4.69, 9.17) is 11.1 Å². The van der Waals surface area contributed by atoms with Gasteiger partial charge in [-0.2, -0.15) is 5.26 Å². The van der Waals surface area contributed by atoms with Crippen LogP contribution in [0.25, 0.3) is 10.7 Å². The van der Waals surface area contributed by atoms with Gasteiger partial charge in [-0.15, -0.1) is 21.5 Å². The molecule has 0 unspecified atom stereocenters. The summed E-state index contributed by atoms with van der Waals surface area (Å²) in [4.78, 5) is 5.10. The van der Waals surface area contributed by atoms with Crippen molar-refractivity contribution in [3.63, 3.8) is 0 Å². The fourth-order valence-electron chi connectivity index (χ4n) is 1.56. The lowest BCUT2D eigenvalue weighted by Gasteiger charge is -2.02. The van der Waals surface area contributed by atoms with E-state index in [0.717, 1.165) is 4.88 Å². The molecule has 0 bridgehead atoms. The van der Waals surface area contributed by atoms with Gasteiger partial charge in [-0.05, 0) is 35.3 Å². The quantitative estimate of drug-likeness (QED) is 0.745. The van der Waals surface area contributed by atoms with E-state index in [-0.39, 0.29) is 0 Å². The summed E-state index contributed by atoms with van der Waals surface area (Å²) in [5.41, 5.74) is 0.484. The van der Waals surface area contributed by atoms with E-state index in [1.807, 2.05) is 17.5 Å². The maximum absolute atomic E-state index is 9.05. The van der Waals surface area contributed by atoms with E-state index < -0.39 is 0 Å². The molecule has 0 atom stereocenters. The topological polar surface area (TPSA) is 93.4 Å². The Morgan fingerprint density at radius 1 is 1.30 bits per heavy atom. The van der Waals surface area contributed by atoms with Crippen LogP contribution in [-0.4, -0.2) is 19.9 Å². The number of nitrogen functional groups attached to an aromatic ring is 1. The highest BCUT2D eigenvalue weighted by Crippen LogP contribution is 2.29. The Balaban J connectivity index is 1.95. The van der Waals surface area contributed by atoms with Crippen LogP contribution in [0, 0.1) is 11.3 Å². The summed E-state index contributed by atoms with van der Waals surface area (Å²) < 4.78 is 1.41. The van der Waals surface area contributed by atoms with Gasteiger partial charge in [0.05, 0.1) is 10.4 Å². The number of thiophene rings is 1. The molecule has 0 aromatic carbocycles. The standard InChI is InChI=1S/C12H8N6S2/c13-7-8-3-1-5-15-11(8)20-12-17-16-10(18(12)14)9-4-2-6-19-9/h1-6H,14H2. The van der Waals surface area contributed by atoms with Crippen molar-refractivity contribution in [1.29, 1.82) is 5.26 Å². The fraction of sp³-hybridized carbons (Fsp3) is 0. The summed E-state index contributed by atoms with van der Waals surface area (Å²) in [6.45, 7) is 0. The van der Waals surface area contributed by atoms with E-state index in [2.05, 4.69) is 21.3 Å². The lowest BCUT2D eigenvalue weighted by atomic mass is 10.3. The number of aromatic nitrogens is 4. The van der Waals surface area contributed by atoms with E-state index in [0.29, 0.717) is 21.6 Å². The van der Waals surface area contributed by atoms with Crippen molar-refractivity contribution >= 4 is 23.1 Å². The van der Waals surface area contributed by atoms with Crippen molar-refractivity contribution in [2.24, 2.45) is 0 Å². The van der Waals surface area contributed by atoms with Gasteiger partial charge in [-0.25, -0.2) is 9.66 Å². The van der Waals surface area contributed by atoms with Crippen LogP contribution in [0.15, 0.2) is 46.0 Å². The van der Waals surface area contributed by atoms with Gasteiger partial charge in [0.15, 0.2) is 5.82 Å². The zero-order chi connectivity index (χ0) is 13.9. The Morgan fingerprint density at radius 3 is 2.95 bits per heavy atom. The first-order chi connectivity index (χ1) is 9.79. The average molecular weight is 300 g/mol. The average Bonchev–Trinajstić information content (AvgIpc) is 3.10. The second-order valence-electron chi connectivity index (χ2n) is 3.72. The Labute approximate surface area is 122 Å². The molecule has 0 aliphatic carbocycles. The number of nitriles is 1. The van der Waals surface area contributed by atoms with Gasteiger partial charge in [-0.1, -0.05) is 6.07 Å². The number of nitrogens with zero attached hydrogens (tertiary/aromatic N) is 5. The molecule has 3 aromatic rings. The molecule has 0 saturated heterocycles. The van der Waals surface area contributed by atoms with Crippen LogP contribution in [0.1, 0.15) is 5.56 Å². The highest BCUT2D eigenvalue weighted by molar-refractivity contribution is 7.99. The van der Waals surface area contributed by atoms with Gasteiger partial charge in [0.2, 0.25) is 5.16 Å². The highest BCUT2D eigenvalue weighted by atomic mass is 32.2. The van der Waals surface area contributed by atoms with Crippen molar-refractivity contribution in [2.75, 3.05) is 5.84 Å². The summed E-state index contributed by atoms with van der Waals surface area (Å²) in [6.07, 6.45) is 1.63. The number of pyridine rings is 1. The summed E-state index contributed by atoms with van der Waals surface area (Å²) in [5.74, 6) is 6.60. The van der Waals surface area contributed by atoms with Crippen LogP contribution < -0.4 is 5.84 Å². The predicted molar refractivity (Wildman–Crippen MR) is 76.6 cm³/mol. The first-order valence-electron chi connectivity index (χ1n) is 5.57. The van der Waals surface area contributed by atoms with Crippen LogP contribution >= 0.6 is 23.1 Å². The zero-order valence-electron chi connectivity index (χ0n) is 10.1. The predicted octanol–water partition coefficient (Wildman–Crippen LogP) is 2.14. The molecule has 0 fully saturated rings. The monoisotopic (exact) mass is 300 g/mol. The first-order valence-corrected chi connectivity index (χ1v) is 7.26. The third-order valence-electron chi connectivity index (χ3n) is 2.49. The van der Waals surface area contributed by atoms with E-state index in [1.165, 1.54) is 27.8 Å². The van der Waals surface area contributed by atoms with Crippen LogP contribution in [0.4, 0.5) is 0 Å². The zero-order valence-corrected chi connectivity index (χ0v) is 11.7. The molecule has 8 heteroatoms. The number of nitrogens with two attached hydrogens (primary N) is 1. The van der Waals surface area contributed by atoms with E-state index in [9.17, 15) is 0 Å². The minimum Gasteiger partial charge on any atom is -0.335 e. The molecule has 20 heavy (non-hydrogen) atoms. The summed E-state index contributed by atoms with van der Waals surface area (Å²) in [5, 5.41) is 20.2. The van der Waals surface area contributed by atoms with Gasteiger partial charge in [0, 0.05) is 6.20 Å². The van der Waals surface area contributed by atoms with E-state index >= 15 is 0 Å². The molecular weight excluding hydrogens is 292 g/mol. The maximum atomic E-state index is 9.05. The van der Waals surface area contributed by atoms with Gasteiger partial charge in [-0.3, -0.25) is 0 Å². The van der Waals surface area contributed by atoms with Crippen LogP contribution in [0.2, 0.25) is 0 Å². The van der Waals surface area contributed by atoms with Gasteiger partial charge >= 0.3 is 0 Å². The molecule has 0 radical (unpaired) electrons. The van der Waals surface area contributed by atoms with Crippen molar-refractivity contribution in [1.82, 2.24) is 19.9 Å². The summed E-state index contributed by atoms with van der Waals surface area (Å²) >= 11 is 2.76. The molecule has 2 N–H and O–H groups in total. The fourth-order valence-corrected chi connectivity index (χ4v) is 3.05. The molecule has 3 heterocycles. The second kappa shape index (κ2) is 5.32. The molecular formula is C12H8N6S2. The van der Waals surface area contributed by atoms with Gasteiger partial charge in [0.25, 0.3) is 0 Å². The minimum atomic E-state index is 0.484. The second-order valence-corrected chi connectivity index (χ2v) is 5.63. The molecule has 3 rings (SSSR count). The van der Waals surface area contributed by atoms with Crippen LogP contribution in [-0.2, 0) is 0 Å². The Kier molecular flexibility index (Phi) is 3.37. The van der Waals surface area contributed by atoms with Crippen molar-refractivity contribution in [3.8, 4) is 16.8 Å². The Hall–Kier alpha value is -2.37. The summed E-state index contributed by atoms with van der Waals surface area (Å²) in [7, 11) is 0. The Bertz CT molecular complexity index is 772. The Morgan fingerprint density at radius 2 is 2.20 bits per heavy atom. The minimum absolute atomic E-state index is 0.484. The van der Waals surface area contributed by atoms with Gasteiger partial charge in [0.1, 0.15) is 11.1 Å². The van der Waals surface area contributed by atoms with Gasteiger partial charge < -0.3 is 5.84 Å². The molecule has 0 aliphatic heterocycles. The molecule has 0 spiro atoms. The molecule has 98 valence electrons. The number of rotatable bonds is 3. The van der Waals surface area contributed by atoms with Crippen molar-refractivity contribution < 1.29 is 0 Å². The molecule has 6 nitrogen and oxygen atoms in total. The van der Waals surface area contributed by atoms with Crippen molar-refractivity contribution in [2.45, 2.75) is 10.2 Å². The lowest BCUT2D eigenvalue weighted by Crippen LogP contribution is -2.11. The largest absolute Gasteiger partial charge is 0.335 e. The molecule has 0 amide bonds. The number of hydrogen-bond acceptors (Lipinski definition) is 7. The van der Waals surface area contributed by atoms with Crippen LogP contribution in [0.3, 0.4) is 0 Å².